The minimum Gasteiger partial charge on any atom is -0.454 e. The summed E-state index contributed by atoms with van der Waals surface area (Å²) in [6.07, 6.45) is 0.832. The smallest absolute Gasteiger partial charge is 0.254 e. The van der Waals surface area contributed by atoms with Crippen LogP contribution in [0.2, 0.25) is 0 Å². The number of ether oxygens (including phenoxy) is 2. The summed E-state index contributed by atoms with van der Waals surface area (Å²) in [5.74, 6) is 0.942. The van der Waals surface area contributed by atoms with Gasteiger partial charge in [-0.15, -0.1) is 11.3 Å². The second-order valence-corrected chi connectivity index (χ2v) is 10.0. The van der Waals surface area contributed by atoms with E-state index in [1.165, 1.54) is 16.0 Å². The van der Waals surface area contributed by atoms with Crippen LogP contribution in [0.15, 0.2) is 53.9 Å². The van der Waals surface area contributed by atoms with Gasteiger partial charge in [-0.2, -0.15) is 0 Å². The number of thiophene rings is 1. The molecule has 1 atom stereocenters. The first-order valence-corrected chi connectivity index (χ1v) is 12.4. The van der Waals surface area contributed by atoms with Gasteiger partial charge in [0.1, 0.15) is 6.54 Å². The van der Waals surface area contributed by atoms with Crippen molar-refractivity contribution < 1.29 is 19.1 Å². The van der Waals surface area contributed by atoms with Crippen molar-refractivity contribution in [2.45, 2.75) is 39.3 Å². The maximum atomic E-state index is 13.7. The highest BCUT2D eigenvalue weighted by molar-refractivity contribution is 7.10. The normalized spacial score (nSPS) is 16.5. The molecule has 6 nitrogen and oxygen atoms in total. The second kappa shape index (κ2) is 9.14. The SMILES string of the molecule is Cc1ccc(C2c3ccsc3CCN2C(=O)CN(C(=O)c2ccc3c(c2)OCO3)C(C)C)cc1. The Morgan fingerprint density at radius 2 is 1.85 bits per heavy atom. The standard InChI is InChI=1S/C27H28N2O4S/c1-17(2)29(27(31)20-8-9-22-23(14-20)33-16-32-22)15-25(30)28-12-10-24-21(11-13-34-24)26(28)19-6-4-18(3)5-7-19/h4-9,11,13-14,17,26H,10,12,15-16H2,1-3H3. The molecule has 0 saturated heterocycles. The van der Waals surface area contributed by atoms with Gasteiger partial charge in [-0.1, -0.05) is 29.8 Å². The van der Waals surface area contributed by atoms with E-state index in [0.717, 1.165) is 12.0 Å². The fourth-order valence-electron chi connectivity index (χ4n) is 4.61. The quantitative estimate of drug-likeness (QED) is 0.530. The maximum Gasteiger partial charge on any atom is 0.254 e. The first-order valence-electron chi connectivity index (χ1n) is 11.6. The Balaban J connectivity index is 1.41. The number of hydrogen-bond acceptors (Lipinski definition) is 5. The second-order valence-electron chi connectivity index (χ2n) is 9.04. The van der Waals surface area contributed by atoms with E-state index >= 15 is 0 Å². The Kier molecular flexibility index (Phi) is 6.04. The number of hydrogen-bond donors (Lipinski definition) is 0. The van der Waals surface area contributed by atoms with Gasteiger partial charge < -0.3 is 19.3 Å². The van der Waals surface area contributed by atoms with Gasteiger partial charge in [0.25, 0.3) is 5.91 Å². The molecule has 0 aliphatic carbocycles. The molecule has 2 aromatic carbocycles. The number of nitrogens with zero attached hydrogens (tertiary/aromatic N) is 2. The third-order valence-electron chi connectivity index (χ3n) is 6.49. The van der Waals surface area contributed by atoms with E-state index in [0.29, 0.717) is 23.6 Å². The molecule has 2 amide bonds. The third kappa shape index (κ3) is 4.16. The first kappa shape index (κ1) is 22.5. The average Bonchev–Trinajstić information content (AvgIpc) is 3.50. The van der Waals surface area contributed by atoms with E-state index in [1.54, 1.807) is 34.4 Å². The van der Waals surface area contributed by atoms with Crippen molar-refractivity contribution in [3.8, 4) is 11.5 Å². The molecule has 0 spiro atoms. The van der Waals surface area contributed by atoms with Crippen LogP contribution in [0.5, 0.6) is 11.5 Å². The number of aryl methyl sites for hydroxylation is 1. The van der Waals surface area contributed by atoms with E-state index in [-0.39, 0.29) is 37.2 Å². The summed E-state index contributed by atoms with van der Waals surface area (Å²) in [6.45, 7) is 6.73. The Hall–Kier alpha value is -3.32. The number of amides is 2. The Bertz CT molecular complexity index is 1220. The lowest BCUT2D eigenvalue weighted by molar-refractivity contribution is -0.134. The monoisotopic (exact) mass is 476 g/mol. The Morgan fingerprint density at radius 1 is 1.09 bits per heavy atom. The maximum absolute atomic E-state index is 13.7. The zero-order chi connectivity index (χ0) is 23.8. The first-order chi connectivity index (χ1) is 16.4. The van der Waals surface area contributed by atoms with Crippen molar-refractivity contribution in [1.29, 1.82) is 0 Å². The topological polar surface area (TPSA) is 59.1 Å². The van der Waals surface area contributed by atoms with Gasteiger partial charge in [0.05, 0.1) is 6.04 Å². The summed E-state index contributed by atoms with van der Waals surface area (Å²) in [5, 5.41) is 2.10. The van der Waals surface area contributed by atoms with Crippen LogP contribution in [0.25, 0.3) is 0 Å². The summed E-state index contributed by atoms with van der Waals surface area (Å²) < 4.78 is 10.8. The van der Waals surface area contributed by atoms with E-state index < -0.39 is 0 Å². The van der Waals surface area contributed by atoms with E-state index in [2.05, 4.69) is 42.6 Å². The number of fused-ring (bicyclic) bond motifs is 2. The van der Waals surface area contributed by atoms with Gasteiger partial charge in [-0.3, -0.25) is 9.59 Å². The zero-order valence-corrected chi connectivity index (χ0v) is 20.4. The van der Waals surface area contributed by atoms with Gasteiger partial charge in [-0.25, -0.2) is 0 Å². The summed E-state index contributed by atoms with van der Waals surface area (Å²) in [7, 11) is 0. The Labute approximate surface area is 203 Å². The molecule has 0 N–H and O–H groups in total. The number of carbonyl (C=O) groups excluding carboxylic acids is 2. The summed E-state index contributed by atoms with van der Waals surface area (Å²) >= 11 is 1.75. The fraction of sp³-hybridized carbons (Fsp3) is 0.333. The molecule has 0 fully saturated rings. The van der Waals surface area contributed by atoms with Gasteiger partial charge in [0, 0.05) is 23.0 Å². The van der Waals surface area contributed by atoms with Crippen molar-refractivity contribution in [2.75, 3.05) is 19.9 Å². The molecule has 1 aromatic heterocycles. The molecule has 3 aromatic rings. The lowest BCUT2D eigenvalue weighted by Gasteiger charge is -2.38. The minimum absolute atomic E-state index is 0.0206. The number of rotatable bonds is 5. The van der Waals surface area contributed by atoms with Crippen LogP contribution in [0, 0.1) is 6.92 Å². The van der Waals surface area contributed by atoms with Gasteiger partial charge >= 0.3 is 0 Å². The molecule has 0 bridgehead atoms. The molecule has 34 heavy (non-hydrogen) atoms. The summed E-state index contributed by atoms with van der Waals surface area (Å²) in [5.41, 5.74) is 3.95. The summed E-state index contributed by atoms with van der Waals surface area (Å²) in [4.78, 5) is 32.0. The average molecular weight is 477 g/mol. The molecule has 3 heterocycles. The molecule has 5 rings (SSSR count). The van der Waals surface area contributed by atoms with Crippen LogP contribution in [-0.2, 0) is 11.2 Å². The molecular weight excluding hydrogens is 448 g/mol. The highest BCUT2D eigenvalue weighted by Crippen LogP contribution is 2.38. The molecule has 0 saturated carbocycles. The lowest BCUT2D eigenvalue weighted by Crippen LogP contribution is -2.48. The molecule has 2 aliphatic heterocycles. The molecule has 176 valence electrons. The van der Waals surface area contributed by atoms with Gasteiger partial charge in [-0.05, 0) is 68.0 Å². The third-order valence-corrected chi connectivity index (χ3v) is 7.49. The van der Waals surface area contributed by atoms with Crippen LogP contribution < -0.4 is 9.47 Å². The van der Waals surface area contributed by atoms with Crippen molar-refractivity contribution >= 4 is 23.2 Å². The van der Waals surface area contributed by atoms with E-state index in [4.69, 9.17) is 9.47 Å². The molecule has 7 heteroatoms. The lowest BCUT2D eigenvalue weighted by atomic mass is 9.92. The predicted molar refractivity (Wildman–Crippen MR) is 131 cm³/mol. The molecule has 2 aliphatic rings. The van der Waals surface area contributed by atoms with E-state index in [9.17, 15) is 9.59 Å². The molecular formula is C27H28N2O4S. The van der Waals surface area contributed by atoms with Crippen molar-refractivity contribution in [2.24, 2.45) is 0 Å². The van der Waals surface area contributed by atoms with E-state index in [1.807, 2.05) is 18.7 Å². The minimum atomic E-state index is -0.193. The van der Waals surface area contributed by atoms with Crippen LogP contribution in [-0.4, -0.2) is 47.5 Å². The molecule has 0 radical (unpaired) electrons. The van der Waals surface area contributed by atoms with Crippen molar-refractivity contribution in [3.05, 3.63) is 81.0 Å². The highest BCUT2D eigenvalue weighted by atomic mass is 32.1. The van der Waals surface area contributed by atoms with Crippen LogP contribution in [0.1, 0.15) is 51.8 Å². The number of benzene rings is 2. The van der Waals surface area contributed by atoms with Crippen LogP contribution in [0.4, 0.5) is 0 Å². The summed E-state index contributed by atoms with van der Waals surface area (Å²) in [6, 6.07) is 15.4. The van der Waals surface area contributed by atoms with Gasteiger partial charge in [0.2, 0.25) is 12.7 Å². The fourth-order valence-corrected chi connectivity index (χ4v) is 5.52. The van der Waals surface area contributed by atoms with Gasteiger partial charge in [0.15, 0.2) is 11.5 Å². The van der Waals surface area contributed by atoms with Crippen molar-refractivity contribution in [3.63, 3.8) is 0 Å². The predicted octanol–water partition coefficient (Wildman–Crippen LogP) is 4.81. The molecule has 1 unspecified atom stereocenters. The largest absolute Gasteiger partial charge is 0.454 e. The number of carbonyl (C=O) groups is 2. The van der Waals surface area contributed by atoms with Crippen LogP contribution >= 0.6 is 11.3 Å². The highest BCUT2D eigenvalue weighted by Gasteiger charge is 2.34. The van der Waals surface area contributed by atoms with Crippen LogP contribution in [0.3, 0.4) is 0 Å². The Morgan fingerprint density at radius 3 is 2.62 bits per heavy atom. The zero-order valence-electron chi connectivity index (χ0n) is 19.6. The van der Waals surface area contributed by atoms with Crippen molar-refractivity contribution in [1.82, 2.24) is 9.80 Å².